The van der Waals surface area contributed by atoms with E-state index >= 15 is 0 Å². The molecule has 2 N–H and O–H groups in total. The van der Waals surface area contributed by atoms with Gasteiger partial charge in [-0.05, 0) is 11.6 Å². The van der Waals surface area contributed by atoms with E-state index < -0.39 is 16.6 Å². The molecule has 0 fully saturated rings. The number of ketones is 1. The fraction of sp³-hybridized carbons (Fsp3) is 0.167. The minimum absolute atomic E-state index is 0.0454. The number of benzene rings is 1. The van der Waals surface area contributed by atoms with Crippen LogP contribution >= 0.6 is 0 Å². The van der Waals surface area contributed by atoms with Crippen molar-refractivity contribution in [1.82, 2.24) is 0 Å². The van der Waals surface area contributed by atoms with Crippen LogP contribution in [-0.2, 0) is 4.79 Å². The zero-order valence-corrected chi connectivity index (χ0v) is 9.96. The number of carbonyl (C=O) groups is 2. The van der Waals surface area contributed by atoms with E-state index in [-0.39, 0.29) is 24.3 Å². The third kappa shape index (κ3) is 2.11. The molecular weight excluding hydrogens is 250 g/mol. The van der Waals surface area contributed by atoms with Gasteiger partial charge in [0.2, 0.25) is 0 Å². The molecule has 0 aliphatic carbocycles. The monoisotopic (exact) mass is 261 g/mol. The first kappa shape index (κ1) is 12.9. The Morgan fingerprint density at radius 3 is 2.68 bits per heavy atom. The maximum Gasteiger partial charge on any atom is 0.299 e. The van der Waals surface area contributed by atoms with Gasteiger partial charge >= 0.3 is 0 Å². The maximum atomic E-state index is 11.8. The molecule has 2 rings (SSSR count). The van der Waals surface area contributed by atoms with Crippen LogP contribution in [-0.4, -0.2) is 29.7 Å². The Kier molecular flexibility index (Phi) is 3.14. The van der Waals surface area contributed by atoms with Crippen molar-refractivity contribution >= 4 is 23.1 Å². The minimum Gasteiger partial charge on any atom is -0.327 e. The first-order valence-electron chi connectivity index (χ1n) is 5.47. The summed E-state index contributed by atoms with van der Waals surface area (Å²) < 4.78 is 0. The summed E-state index contributed by atoms with van der Waals surface area (Å²) in [5.74, 6) is -1.46. The summed E-state index contributed by atoms with van der Waals surface area (Å²) in [4.78, 5) is 34.9. The van der Waals surface area contributed by atoms with E-state index in [0.29, 0.717) is 11.3 Å². The molecule has 0 atom stereocenters. The molecule has 0 radical (unpaired) electrons. The van der Waals surface area contributed by atoms with Crippen LogP contribution in [0.2, 0.25) is 0 Å². The van der Waals surface area contributed by atoms with Gasteiger partial charge in [-0.3, -0.25) is 19.7 Å². The molecule has 19 heavy (non-hydrogen) atoms. The molecule has 7 nitrogen and oxygen atoms in total. The number of hydrogen-bond donors (Lipinski definition) is 1. The number of fused-ring (bicyclic) bond motifs is 1. The Morgan fingerprint density at radius 1 is 1.42 bits per heavy atom. The number of anilines is 1. The third-order valence-electron chi connectivity index (χ3n) is 2.84. The highest BCUT2D eigenvalue weighted by Crippen LogP contribution is 2.32. The van der Waals surface area contributed by atoms with Crippen LogP contribution in [0.4, 0.5) is 11.4 Å². The van der Waals surface area contributed by atoms with Crippen molar-refractivity contribution in [3.8, 4) is 0 Å². The summed E-state index contributed by atoms with van der Waals surface area (Å²) >= 11 is 0. The van der Waals surface area contributed by atoms with E-state index in [1.807, 2.05) is 0 Å². The van der Waals surface area contributed by atoms with Crippen molar-refractivity contribution in [2.45, 2.75) is 0 Å². The smallest absolute Gasteiger partial charge is 0.299 e. The quantitative estimate of drug-likeness (QED) is 0.370. The number of non-ortho nitro benzene ring substituents is 1. The molecule has 1 heterocycles. The summed E-state index contributed by atoms with van der Waals surface area (Å²) in [7, 11) is 0. The summed E-state index contributed by atoms with van der Waals surface area (Å²) in [5, 5.41) is 10.7. The Bertz CT molecular complexity index is 609. The predicted octanol–water partition coefficient (Wildman–Crippen LogP) is 0.639. The van der Waals surface area contributed by atoms with Crippen LogP contribution in [0.1, 0.15) is 10.4 Å². The van der Waals surface area contributed by atoms with Gasteiger partial charge in [0.1, 0.15) is 0 Å². The first-order chi connectivity index (χ1) is 8.95. The van der Waals surface area contributed by atoms with Gasteiger partial charge in [0.25, 0.3) is 17.4 Å². The van der Waals surface area contributed by atoms with E-state index in [1.165, 1.54) is 17.0 Å². The fourth-order valence-electron chi connectivity index (χ4n) is 1.85. The number of Topliss-reactive ketones (excluding diaryl/α,β-unsaturated/α-hetero) is 1. The molecule has 1 aliphatic rings. The van der Waals surface area contributed by atoms with Gasteiger partial charge in [-0.15, -0.1) is 0 Å². The lowest BCUT2D eigenvalue weighted by Gasteiger charge is -2.16. The van der Waals surface area contributed by atoms with Gasteiger partial charge in [0.15, 0.2) is 0 Å². The van der Waals surface area contributed by atoms with Crippen molar-refractivity contribution in [3.63, 3.8) is 0 Å². The number of nitrogens with two attached hydrogens (primary N) is 1. The number of amides is 1. The number of nitro groups is 1. The van der Waals surface area contributed by atoms with Crippen molar-refractivity contribution in [2.24, 2.45) is 5.73 Å². The number of nitro benzene ring substituents is 1. The van der Waals surface area contributed by atoms with Crippen LogP contribution in [0.3, 0.4) is 0 Å². The van der Waals surface area contributed by atoms with Crippen LogP contribution in [0.5, 0.6) is 0 Å². The number of carbonyl (C=O) groups excluding carboxylic acids is 2. The van der Waals surface area contributed by atoms with Crippen molar-refractivity contribution in [1.29, 1.82) is 0 Å². The molecule has 0 saturated heterocycles. The molecule has 0 bridgehead atoms. The van der Waals surface area contributed by atoms with Gasteiger partial charge in [-0.2, -0.15) is 0 Å². The van der Waals surface area contributed by atoms with Gasteiger partial charge in [-0.25, -0.2) is 0 Å². The van der Waals surface area contributed by atoms with E-state index in [0.717, 1.165) is 6.07 Å². The zero-order chi connectivity index (χ0) is 14.2. The summed E-state index contributed by atoms with van der Waals surface area (Å²) in [6.07, 6.45) is 0. The first-order valence-corrected chi connectivity index (χ1v) is 5.47. The Balaban J connectivity index is 2.44. The number of rotatable bonds is 4. The fourth-order valence-corrected chi connectivity index (χ4v) is 1.85. The maximum absolute atomic E-state index is 11.8. The normalized spacial score (nSPS) is 13.6. The molecule has 1 amide bonds. The van der Waals surface area contributed by atoms with Crippen LogP contribution in [0.15, 0.2) is 30.4 Å². The van der Waals surface area contributed by atoms with E-state index in [1.54, 1.807) is 0 Å². The summed E-state index contributed by atoms with van der Waals surface area (Å²) in [6.45, 7) is 4.00. The largest absolute Gasteiger partial charge is 0.327 e. The molecule has 7 heteroatoms. The van der Waals surface area contributed by atoms with Gasteiger partial charge < -0.3 is 10.6 Å². The Hall–Kier alpha value is -2.54. The highest BCUT2D eigenvalue weighted by molar-refractivity contribution is 6.52. The molecule has 1 aromatic rings. The van der Waals surface area contributed by atoms with E-state index in [9.17, 15) is 19.7 Å². The van der Waals surface area contributed by atoms with E-state index in [4.69, 9.17) is 5.73 Å². The second-order valence-corrected chi connectivity index (χ2v) is 4.13. The summed E-state index contributed by atoms with van der Waals surface area (Å²) in [6, 6.07) is 3.75. The lowest BCUT2D eigenvalue weighted by molar-refractivity contribution is -0.384. The molecule has 1 aliphatic heterocycles. The van der Waals surface area contributed by atoms with Gasteiger partial charge in [0, 0.05) is 25.2 Å². The average molecular weight is 261 g/mol. The Labute approximate surface area is 108 Å². The second-order valence-electron chi connectivity index (χ2n) is 4.13. The van der Waals surface area contributed by atoms with Crippen LogP contribution in [0, 0.1) is 10.1 Å². The molecule has 1 aromatic carbocycles. The van der Waals surface area contributed by atoms with Crippen LogP contribution < -0.4 is 10.6 Å². The van der Waals surface area contributed by atoms with Crippen molar-refractivity contribution in [2.75, 3.05) is 18.0 Å². The Morgan fingerprint density at radius 2 is 2.11 bits per heavy atom. The van der Waals surface area contributed by atoms with Crippen LogP contribution in [0.25, 0.3) is 0 Å². The lowest BCUT2D eigenvalue weighted by atomic mass is 10.1. The lowest BCUT2D eigenvalue weighted by Crippen LogP contribution is -2.32. The molecule has 0 spiro atoms. The number of hydrogen-bond acceptors (Lipinski definition) is 5. The SMILES string of the molecule is C=C(CN)CN1C(=O)C(=O)c2cc([N+](=O)[O-])ccc21. The van der Waals surface area contributed by atoms with Crippen molar-refractivity contribution in [3.05, 3.63) is 46.0 Å². The highest BCUT2D eigenvalue weighted by Gasteiger charge is 2.36. The zero-order valence-electron chi connectivity index (χ0n) is 9.96. The third-order valence-corrected chi connectivity index (χ3v) is 2.84. The highest BCUT2D eigenvalue weighted by atomic mass is 16.6. The number of nitrogens with zero attached hydrogens (tertiary/aromatic N) is 2. The topological polar surface area (TPSA) is 107 Å². The second kappa shape index (κ2) is 4.62. The molecular formula is C12H11N3O4. The van der Waals surface area contributed by atoms with Crippen molar-refractivity contribution < 1.29 is 14.5 Å². The molecule has 0 saturated carbocycles. The predicted molar refractivity (Wildman–Crippen MR) is 68.0 cm³/mol. The molecule has 98 valence electrons. The molecule has 0 aromatic heterocycles. The minimum atomic E-state index is -0.747. The standard InChI is InChI=1S/C12H11N3O4/c1-7(5-13)6-14-10-3-2-8(15(18)19)4-9(10)11(16)12(14)17/h2-4H,1,5-6,13H2. The molecule has 0 unspecified atom stereocenters. The van der Waals surface area contributed by atoms with Gasteiger partial charge in [0.05, 0.1) is 16.2 Å². The van der Waals surface area contributed by atoms with E-state index in [2.05, 4.69) is 6.58 Å². The van der Waals surface area contributed by atoms with Gasteiger partial charge in [-0.1, -0.05) is 6.58 Å². The summed E-state index contributed by atoms with van der Waals surface area (Å²) in [5.41, 5.74) is 6.17. The average Bonchev–Trinajstić information content (AvgIpc) is 2.63.